The molecular formula is C11H19N3O4. The topological polar surface area (TPSA) is 98.7 Å². The van der Waals surface area contributed by atoms with E-state index in [1.54, 1.807) is 6.92 Å². The van der Waals surface area contributed by atoms with Gasteiger partial charge in [-0.2, -0.15) is 0 Å². The third kappa shape index (κ3) is 3.12. The molecule has 0 bridgehead atoms. The Bertz CT molecular complexity index is 367. The second-order valence-corrected chi connectivity index (χ2v) is 5.01. The third-order valence-corrected chi connectivity index (χ3v) is 3.02. The SMILES string of the molecule is CC1C(=O)NCCN1C(=O)NCC(C)(C)C(=O)O. The minimum absolute atomic E-state index is 0.0198. The monoisotopic (exact) mass is 257 g/mol. The molecule has 1 saturated heterocycles. The van der Waals surface area contributed by atoms with E-state index >= 15 is 0 Å². The van der Waals surface area contributed by atoms with E-state index in [1.807, 2.05) is 0 Å². The first-order valence-electron chi connectivity index (χ1n) is 5.81. The molecule has 1 aliphatic heterocycles. The van der Waals surface area contributed by atoms with Crippen LogP contribution >= 0.6 is 0 Å². The number of carboxylic acids is 1. The Balaban J connectivity index is 2.55. The zero-order valence-corrected chi connectivity index (χ0v) is 10.8. The number of amides is 3. The number of nitrogens with one attached hydrogen (secondary N) is 2. The van der Waals surface area contributed by atoms with Crippen LogP contribution in [0.3, 0.4) is 0 Å². The maximum Gasteiger partial charge on any atom is 0.318 e. The fourth-order valence-corrected chi connectivity index (χ4v) is 1.53. The predicted molar refractivity (Wildman–Crippen MR) is 64.0 cm³/mol. The van der Waals surface area contributed by atoms with Crippen molar-refractivity contribution in [2.24, 2.45) is 5.41 Å². The van der Waals surface area contributed by atoms with E-state index in [0.717, 1.165) is 0 Å². The molecule has 1 atom stereocenters. The summed E-state index contributed by atoms with van der Waals surface area (Å²) in [6.45, 7) is 5.55. The maximum atomic E-state index is 11.9. The van der Waals surface area contributed by atoms with Gasteiger partial charge in [-0.25, -0.2) is 4.79 Å². The summed E-state index contributed by atoms with van der Waals surface area (Å²) in [5, 5.41) is 14.1. The van der Waals surface area contributed by atoms with Crippen molar-refractivity contribution in [2.45, 2.75) is 26.8 Å². The molecule has 1 unspecified atom stereocenters. The number of carbonyl (C=O) groups is 3. The van der Waals surface area contributed by atoms with E-state index in [2.05, 4.69) is 10.6 Å². The summed E-state index contributed by atoms with van der Waals surface area (Å²) in [4.78, 5) is 35.6. The van der Waals surface area contributed by atoms with E-state index in [9.17, 15) is 14.4 Å². The Hall–Kier alpha value is -1.79. The van der Waals surface area contributed by atoms with E-state index in [4.69, 9.17) is 5.11 Å². The molecule has 3 amide bonds. The second kappa shape index (κ2) is 5.24. The van der Waals surface area contributed by atoms with Gasteiger partial charge < -0.3 is 20.6 Å². The number of carboxylic acid groups (broad SMARTS) is 1. The highest BCUT2D eigenvalue weighted by Crippen LogP contribution is 2.13. The normalized spacial score (nSPS) is 20.3. The van der Waals surface area contributed by atoms with E-state index < -0.39 is 23.5 Å². The molecule has 7 heteroatoms. The average Bonchev–Trinajstić information content (AvgIpc) is 2.29. The number of piperazine rings is 1. The van der Waals surface area contributed by atoms with Crippen LogP contribution in [0.1, 0.15) is 20.8 Å². The summed E-state index contributed by atoms with van der Waals surface area (Å²) in [5.41, 5.74) is -1.03. The number of rotatable bonds is 3. The number of nitrogens with zero attached hydrogens (tertiary/aromatic N) is 1. The molecule has 18 heavy (non-hydrogen) atoms. The first kappa shape index (κ1) is 14.3. The zero-order chi connectivity index (χ0) is 13.9. The zero-order valence-electron chi connectivity index (χ0n) is 10.8. The van der Waals surface area contributed by atoms with Gasteiger partial charge in [0.2, 0.25) is 5.91 Å². The first-order chi connectivity index (χ1) is 8.25. The molecule has 1 rings (SSSR count). The smallest absolute Gasteiger partial charge is 0.318 e. The van der Waals surface area contributed by atoms with Crippen LogP contribution in [0.2, 0.25) is 0 Å². The van der Waals surface area contributed by atoms with Gasteiger partial charge in [0.25, 0.3) is 0 Å². The molecule has 0 saturated carbocycles. The van der Waals surface area contributed by atoms with Gasteiger partial charge in [-0.3, -0.25) is 9.59 Å². The van der Waals surface area contributed by atoms with Gasteiger partial charge in [-0.1, -0.05) is 0 Å². The number of carbonyl (C=O) groups excluding carboxylic acids is 2. The van der Waals surface area contributed by atoms with E-state index in [1.165, 1.54) is 18.7 Å². The predicted octanol–water partition coefficient (Wildman–Crippen LogP) is -0.373. The quantitative estimate of drug-likeness (QED) is 0.642. The summed E-state index contributed by atoms with van der Waals surface area (Å²) in [6, 6.07) is -0.946. The minimum Gasteiger partial charge on any atom is -0.481 e. The van der Waals surface area contributed by atoms with Gasteiger partial charge in [0, 0.05) is 19.6 Å². The van der Waals surface area contributed by atoms with Crippen LogP contribution in [0.25, 0.3) is 0 Å². The van der Waals surface area contributed by atoms with Crippen LogP contribution in [0.4, 0.5) is 4.79 Å². The number of urea groups is 1. The lowest BCUT2D eigenvalue weighted by Crippen LogP contribution is -2.59. The third-order valence-electron chi connectivity index (χ3n) is 3.02. The first-order valence-corrected chi connectivity index (χ1v) is 5.81. The molecule has 1 aliphatic rings. The van der Waals surface area contributed by atoms with Crippen molar-refractivity contribution in [1.29, 1.82) is 0 Å². The Morgan fingerprint density at radius 3 is 2.72 bits per heavy atom. The second-order valence-electron chi connectivity index (χ2n) is 5.01. The Morgan fingerprint density at radius 2 is 2.17 bits per heavy atom. The van der Waals surface area contributed by atoms with Crippen LogP contribution in [0.5, 0.6) is 0 Å². The molecule has 0 spiro atoms. The van der Waals surface area contributed by atoms with Gasteiger partial charge in [0.15, 0.2) is 0 Å². The van der Waals surface area contributed by atoms with Crippen LogP contribution < -0.4 is 10.6 Å². The van der Waals surface area contributed by atoms with Crippen molar-refractivity contribution < 1.29 is 19.5 Å². The summed E-state index contributed by atoms with van der Waals surface area (Å²) in [7, 11) is 0. The van der Waals surface area contributed by atoms with E-state index in [-0.39, 0.29) is 12.5 Å². The molecule has 0 aliphatic carbocycles. The van der Waals surface area contributed by atoms with Crippen molar-refractivity contribution in [3.05, 3.63) is 0 Å². The lowest BCUT2D eigenvalue weighted by atomic mass is 9.94. The summed E-state index contributed by atoms with van der Waals surface area (Å²) < 4.78 is 0. The fourth-order valence-electron chi connectivity index (χ4n) is 1.53. The number of hydrogen-bond donors (Lipinski definition) is 3. The molecule has 3 N–H and O–H groups in total. The standard InChI is InChI=1S/C11H19N3O4/c1-7-8(15)12-4-5-14(7)10(18)13-6-11(2,3)9(16)17/h7H,4-6H2,1-3H3,(H,12,15)(H,13,18)(H,16,17). The van der Waals surface area contributed by atoms with Crippen molar-refractivity contribution in [3.8, 4) is 0 Å². The summed E-state index contributed by atoms with van der Waals surface area (Å²) in [6.07, 6.45) is 0. The molecule has 0 aromatic rings. The maximum absolute atomic E-state index is 11.9. The number of aliphatic carboxylic acids is 1. The van der Waals surface area contributed by atoms with Gasteiger partial charge in [0.05, 0.1) is 5.41 Å². The van der Waals surface area contributed by atoms with Crippen LogP contribution in [0.15, 0.2) is 0 Å². The highest BCUT2D eigenvalue weighted by molar-refractivity contribution is 5.88. The largest absolute Gasteiger partial charge is 0.481 e. The minimum atomic E-state index is -1.03. The Labute approximate surface area is 106 Å². The van der Waals surface area contributed by atoms with Gasteiger partial charge in [-0.15, -0.1) is 0 Å². The molecule has 1 heterocycles. The van der Waals surface area contributed by atoms with Crippen molar-refractivity contribution >= 4 is 17.9 Å². The Kier molecular flexibility index (Phi) is 4.15. The highest BCUT2D eigenvalue weighted by Gasteiger charge is 2.32. The van der Waals surface area contributed by atoms with Gasteiger partial charge in [0.1, 0.15) is 6.04 Å². The lowest BCUT2D eigenvalue weighted by Gasteiger charge is -2.33. The average molecular weight is 257 g/mol. The van der Waals surface area contributed by atoms with Crippen molar-refractivity contribution in [2.75, 3.05) is 19.6 Å². The van der Waals surface area contributed by atoms with Crippen LogP contribution in [-0.2, 0) is 9.59 Å². The van der Waals surface area contributed by atoms with Crippen molar-refractivity contribution in [3.63, 3.8) is 0 Å². The van der Waals surface area contributed by atoms with Gasteiger partial charge in [-0.05, 0) is 20.8 Å². The summed E-state index contributed by atoms with van der Waals surface area (Å²) >= 11 is 0. The Morgan fingerprint density at radius 1 is 1.56 bits per heavy atom. The molecular weight excluding hydrogens is 238 g/mol. The lowest BCUT2D eigenvalue weighted by molar-refractivity contribution is -0.146. The number of hydrogen-bond acceptors (Lipinski definition) is 3. The van der Waals surface area contributed by atoms with Gasteiger partial charge >= 0.3 is 12.0 Å². The molecule has 0 aromatic carbocycles. The molecule has 7 nitrogen and oxygen atoms in total. The van der Waals surface area contributed by atoms with E-state index in [0.29, 0.717) is 13.1 Å². The van der Waals surface area contributed by atoms with Crippen LogP contribution in [-0.4, -0.2) is 53.6 Å². The molecule has 1 fully saturated rings. The fraction of sp³-hybridized carbons (Fsp3) is 0.727. The highest BCUT2D eigenvalue weighted by atomic mass is 16.4. The van der Waals surface area contributed by atoms with Crippen molar-refractivity contribution in [1.82, 2.24) is 15.5 Å². The van der Waals surface area contributed by atoms with Crippen LogP contribution in [0, 0.1) is 5.41 Å². The molecule has 0 radical (unpaired) electrons. The molecule has 102 valence electrons. The summed E-state index contributed by atoms with van der Waals surface area (Å²) in [5.74, 6) is -1.18. The molecule has 0 aromatic heterocycles.